The maximum absolute atomic E-state index is 13.1. The number of allylic oxidation sites excluding steroid dienone is 1. The van der Waals surface area contributed by atoms with Gasteiger partial charge < -0.3 is 10.6 Å². The number of carbonyl (C=O) groups is 2. The molecule has 196 valence electrons. The van der Waals surface area contributed by atoms with Gasteiger partial charge in [-0.2, -0.15) is 13.2 Å². The van der Waals surface area contributed by atoms with E-state index in [1.54, 1.807) is 78.9 Å². The molecule has 5 nitrogen and oxygen atoms in total. The lowest BCUT2D eigenvalue weighted by Crippen LogP contribution is -2.20. The fraction of sp³-hybridized carbons (Fsp3) is 0.0333. The number of nitrogens with one attached hydrogen (secondary N) is 3. The van der Waals surface area contributed by atoms with E-state index >= 15 is 0 Å². The van der Waals surface area contributed by atoms with Gasteiger partial charge in [-0.3, -0.25) is 15.0 Å². The molecule has 0 aliphatic rings. The lowest BCUT2D eigenvalue weighted by Gasteiger charge is -2.15. The van der Waals surface area contributed by atoms with Crippen LogP contribution in [-0.4, -0.2) is 23.6 Å². The van der Waals surface area contributed by atoms with E-state index in [1.807, 2.05) is 0 Å². The first-order chi connectivity index (χ1) is 18.6. The highest BCUT2D eigenvalue weighted by molar-refractivity contribution is 6.33. The monoisotopic (exact) mass is 547 g/mol. The second-order valence-electron chi connectivity index (χ2n) is 8.35. The Kier molecular flexibility index (Phi) is 8.27. The third-order valence-corrected chi connectivity index (χ3v) is 5.98. The molecular formula is C30H21ClF3N3O2. The number of rotatable bonds is 8. The summed E-state index contributed by atoms with van der Waals surface area (Å²) in [6.45, 7) is 0. The Labute approximate surface area is 227 Å². The highest BCUT2D eigenvalue weighted by Crippen LogP contribution is 2.28. The lowest BCUT2D eigenvalue weighted by molar-refractivity contribution is -0.0583. The first-order valence-electron chi connectivity index (χ1n) is 11.6. The molecule has 0 heterocycles. The predicted octanol–water partition coefficient (Wildman–Crippen LogP) is 7.86. The Bertz CT molecular complexity index is 1550. The standard InChI is InChI=1S/C30H21ClF3N3O2/c31-23-11-5-7-13-25(23)36-26(18-27(35)30(32,33)34)19-14-16-21(17-15-19)29(39)37-24-12-6-4-10-22(24)28(38)20-8-2-1-3-9-20/h1-18,35-36H,(H,37,39)/b26-18-,35-27?. The molecule has 4 rings (SSSR count). The van der Waals surface area contributed by atoms with Crippen LogP contribution in [0.15, 0.2) is 109 Å². The van der Waals surface area contributed by atoms with E-state index in [1.165, 1.54) is 24.3 Å². The number of hydrogen-bond donors (Lipinski definition) is 3. The fourth-order valence-corrected chi connectivity index (χ4v) is 3.84. The van der Waals surface area contributed by atoms with E-state index in [0.29, 0.717) is 34.1 Å². The first kappa shape index (κ1) is 27.3. The number of hydrogen-bond acceptors (Lipinski definition) is 4. The van der Waals surface area contributed by atoms with Crippen molar-refractivity contribution >= 4 is 46.1 Å². The van der Waals surface area contributed by atoms with Crippen LogP contribution in [0.4, 0.5) is 24.5 Å². The summed E-state index contributed by atoms with van der Waals surface area (Å²) >= 11 is 6.16. The minimum Gasteiger partial charge on any atom is -0.354 e. The molecule has 0 spiro atoms. The van der Waals surface area contributed by atoms with E-state index in [2.05, 4.69) is 10.6 Å². The molecule has 1 amide bonds. The van der Waals surface area contributed by atoms with Crippen molar-refractivity contribution in [3.63, 3.8) is 0 Å². The molecule has 3 N–H and O–H groups in total. The molecule has 0 aromatic heterocycles. The van der Waals surface area contributed by atoms with E-state index < -0.39 is 17.8 Å². The first-order valence-corrected chi connectivity index (χ1v) is 12.0. The van der Waals surface area contributed by atoms with Gasteiger partial charge in [-0.05, 0) is 48.0 Å². The van der Waals surface area contributed by atoms with Crippen molar-refractivity contribution in [2.75, 3.05) is 10.6 Å². The van der Waals surface area contributed by atoms with E-state index in [4.69, 9.17) is 17.0 Å². The molecule has 0 atom stereocenters. The number of benzene rings is 4. The van der Waals surface area contributed by atoms with Gasteiger partial charge in [0.05, 0.1) is 16.4 Å². The van der Waals surface area contributed by atoms with Crippen molar-refractivity contribution < 1.29 is 22.8 Å². The maximum Gasteiger partial charge on any atom is 0.432 e. The summed E-state index contributed by atoms with van der Waals surface area (Å²) < 4.78 is 39.4. The van der Waals surface area contributed by atoms with Gasteiger partial charge in [0.1, 0.15) is 5.71 Å². The minimum absolute atomic E-state index is 0.0313. The van der Waals surface area contributed by atoms with E-state index in [0.717, 1.165) is 0 Å². The maximum atomic E-state index is 13.1. The fourth-order valence-electron chi connectivity index (χ4n) is 3.66. The van der Waals surface area contributed by atoms with Crippen LogP contribution in [0.3, 0.4) is 0 Å². The van der Waals surface area contributed by atoms with Crippen molar-refractivity contribution in [1.82, 2.24) is 0 Å². The summed E-state index contributed by atoms with van der Waals surface area (Å²) in [6, 6.07) is 27.5. The van der Waals surface area contributed by atoms with Crippen LogP contribution >= 0.6 is 11.6 Å². The largest absolute Gasteiger partial charge is 0.432 e. The molecule has 0 bridgehead atoms. The Hall–Kier alpha value is -4.69. The summed E-state index contributed by atoms with van der Waals surface area (Å²) in [6.07, 6.45) is -4.19. The number of alkyl halides is 3. The van der Waals surface area contributed by atoms with Gasteiger partial charge in [-0.15, -0.1) is 0 Å². The van der Waals surface area contributed by atoms with Gasteiger partial charge in [-0.25, -0.2) is 0 Å². The molecule has 0 radical (unpaired) electrons. The number of amides is 1. The van der Waals surface area contributed by atoms with Crippen LogP contribution in [0, 0.1) is 5.41 Å². The van der Waals surface area contributed by atoms with Crippen molar-refractivity contribution in [3.8, 4) is 0 Å². The van der Waals surface area contributed by atoms with Gasteiger partial charge >= 0.3 is 6.18 Å². The lowest BCUT2D eigenvalue weighted by atomic mass is 10.0. The number of ketones is 1. The molecule has 0 fully saturated rings. The Morgan fingerprint density at radius 3 is 1.90 bits per heavy atom. The molecule has 4 aromatic carbocycles. The summed E-state index contributed by atoms with van der Waals surface area (Å²) in [5.41, 5.74) is 0.368. The van der Waals surface area contributed by atoms with E-state index in [9.17, 15) is 22.8 Å². The minimum atomic E-state index is -4.85. The van der Waals surface area contributed by atoms with Crippen molar-refractivity contribution in [3.05, 3.63) is 136 Å². The van der Waals surface area contributed by atoms with Crippen LogP contribution in [0.25, 0.3) is 5.70 Å². The molecule has 39 heavy (non-hydrogen) atoms. The van der Waals surface area contributed by atoms with Gasteiger partial charge in [0.15, 0.2) is 5.78 Å². The summed E-state index contributed by atoms with van der Waals surface area (Å²) in [7, 11) is 0. The average Bonchev–Trinajstić information content (AvgIpc) is 2.93. The zero-order valence-corrected chi connectivity index (χ0v) is 21.0. The number of halogens is 4. The highest BCUT2D eigenvalue weighted by atomic mass is 35.5. The average molecular weight is 548 g/mol. The van der Waals surface area contributed by atoms with E-state index in [-0.39, 0.29) is 22.1 Å². The summed E-state index contributed by atoms with van der Waals surface area (Å²) in [5.74, 6) is -0.767. The van der Waals surface area contributed by atoms with Crippen molar-refractivity contribution in [2.45, 2.75) is 6.18 Å². The Morgan fingerprint density at radius 2 is 1.26 bits per heavy atom. The zero-order chi connectivity index (χ0) is 28.0. The molecule has 0 unspecified atom stereocenters. The van der Waals surface area contributed by atoms with Crippen LogP contribution in [0.5, 0.6) is 0 Å². The number of carbonyl (C=O) groups excluding carboxylic acids is 2. The third-order valence-electron chi connectivity index (χ3n) is 5.65. The number of para-hydroxylation sites is 2. The van der Waals surface area contributed by atoms with Gasteiger partial charge in [-0.1, -0.05) is 78.3 Å². The van der Waals surface area contributed by atoms with Gasteiger partial charge in [0, 0.05) is 22.4 Å². The van der Waals surface area contributed by atoms with Crippen LogP contribution in [0.1, 0.15) is 31.8 Å². The van der Waals surface area contributed by atoms with Crippen LogP contribution in [0.2, 0.25) is 5.02 Å². The summed E-state index contributed by atoms with van der Waals surface area (Å²) in [4.78, 5) is 26.0. The quantitative estimate of drug-likeness (QED) is 0.155. The highest BCUT2D eigenvalue weighted by Gasteiger charge is 2.33. The normalized spacial score (nSPS) is 11.5. The van der Waals surface area contributed by atoms with Crippen molar-refractivity contribution in [1.29, 1.82) is 5.41 Å². The molecule has 0 aliphatic heterocycles. The third kappa shape index (κ3) is 6.80. The molecule has 0 saturated heterocycles. The molecule has 0 saturated carbocycles. The second-order valence-corrected chi connectivity index (χ2v) is 8.75. The predicted molar refractivity (Wildman–Crippen MR) is 148 cm³/mol. The van der Waals surface area contributed by atoms with Gasteiger partial charge in [0.25, 0.3) is 5.91 Å². The SMILES string of the molecule is N=C(/C=C(\Nc1ccccc1Cl)c1ccc(C(=O)Nc2ccccc2C(=O)c2ccccc2)cc1)C(F)(F)F. The topological polar surface area (TPSA) is 82.1 Å². The Balaban J connectivity index is 1.59. The zero-order valence-electron chi connectivity index (χ0n) is 20.2. The molecular weight excluding hydrogens is 527 g/mol. The van der Waals surface area contributed by atoms with Crippen LogP contribution in [-0.2, 0) is 0 Å². The smallest absolute Gasteiger partial charge is 0.354 e. The summed E-state index contributed by atoms with van der Waals surface area (Å²) in [5, 5.41) is 13.3. The Morgan fingerprint density at radius 1 is 0.692 bits per heavy atom. The second kappa shape index (κ2) is 11.8. The molecule has 9 heteroatoms. The van der Waals surface area contributed by atoms with Crippen molar-refractivity contribution in [2.24, 2.45) is 0 Å². The molecule has 0 aliphatic carbocycles. The van der Waals surface area contributed by atoms with Gasteiger partial charge in [0.2, 0.25) is 0 Å². The molecule has 4 aromatic rings. The van der Waals surface area contributed by atoms with Crippen LogP contribution < -0.4 is 10.6 Å². The number of anilines is 2.